The third-order valence-electron chi connectivity index (χ3n) is 4.32. The number of hydrogen-bond donors (Lipinski definition) is 2. The highest BCUT2D eigenvalue weighted by molar-refractivity contribution is 9.10. The molecule has 6 heteroatoms. The molecule has 1 aliphatic carbocycles. The van der Waals surface area contributed by atoms with E-state index in [-0.39, 0.29) is 11.2 Å². The molecule has 3 rings (SSSR count). The molecule has 0 saturated heterocycles. The lowest BCUT2D eigenvalue weighted by atomic mass is 9.95. The van der Waals surface area contributed by atoms with E-state index in [0.717, 1.165) is 33.7 Å². The van der Waals surface area contributed by atoms with Gasteiger partial charge >= 0.3 is 0 Å². The topological polar surface area (TPSA) is 57.8 Å². The fourth-order valence-electron chi connectivity index (χ4n) is 2.93. The van der Waals surface area contributed by atoms with Gasteiger partial charge in [0.05, 0.1) is 17.1 Å². The van der Waals surface area contributed by atoms with E-state index in [1.807, 2.05) is 37.4 Å². The van der Waals surface area contributed by atoms with E-state index < -0.39 is 0 Å². The van der Waals surface area contributed by atoms with E-state index in [1.165, 1.54) is 31.0 Å². The highest BCUT2D eigenvalue weighted by Crippen LogP contribution is 2.26. The van der Waals surface area contributed by atoms with Gasteiger partial charge < -0.3 is 10.3 Å². The number of rotatable bonds is 5. The minimum absolute atomic E-state index is 0.105. The number of benzene rings is 1. The Kier molecular flexibility index (Phi) is 6.00. The van der Waals surface area contributed by atoms with Crippen molar-refractivity contribution in [1.29, 1.82) is 0 Å². The van der Waals surface area contributed by atoms with E-state index in [1.54, 1.807) is 0 Å². The van der Waals surface area contributed by atoms with Gasteiger partial charge in [0.1, 0.15) is 0 Å². The second-order valence-electron chi connectivity index (χ2n) is 6.21. The number of carbonyl (C=O) groups excluding carboxylic acids is 1. The Morgan fingerprint density at radius 1 is 1.29 bits per heavy atom. The van der Waals surface area contributed by atoms with Crippen LogP contribution < -0.4 is 5.32 Å². The molecule has 1 aliphatic rings. The Morgan fingerprint density at radius 2 is 2.00 bits per heavy atom. The van der Waals surface area contributed by atoms with Crippen molar-refractivity contribution >= 4 is 33.6 Å². The maximum absolute atomic E-state index is 12.4. The van der Waals surface area contributed by atoms with Gasteiger partial charge in [0.2, 0.25) is 5.91 Å². The molecule has 128 valence electrons. The summed E-state index contributed by atoms with van der Waals surface area (Å²) in [6.07, 6.45) is 7.77. The number of aromatic amines is 1. The van der Waals surface area contributed by atoms with Crippen LogP contribution >= 0.6 is 27.7 Å². The number of carbonyl (C=O) groups is 1. The third kappa shape index (κ3) is 4.63. The molecule has 1 atom stereocenters. The summed E-state index contributed by atoms with van der Waals surface area (Å²) in [4.78, 5) is 20.0. The van der Waals surface area contributed by atoms with Crippen molar-refractivity contribution in [1.82, 2.24) is 15.3 Å². The lowest BCUT2D eigenvalue weighted by molar-refractivity contribution is -0.121. The van der Waals surface area contributed by atoms with E-state index >= 15 is 0 Å². The Balaban J connectivity index is 1.57. The number of thioether (sulfide) groups is 1. The van der Waals surface area contributed by atoms with Gasteiger partial charge in [-0.3, -0.25) is 4.79 Å². The van der Waals surface area contributed by atoms with Crippen LogP contribution in [-0.2, 0) is 4.79 Å². The smallest absolute Gasteiger partial charge is 0.233 e. The summed E-state index contributed by atoms with van der Waals surface area (Å²) in [6, 6.07) is 8.42. The number of H-pyrrole nitrogens is 1. The quantitative estimate of drug-likeness (QED) is 0.701. The highest BCUT2D eigenvalue weighted by Gasteiger charge is 2.21. The Hall–Kier alpha value is -1.27. The first kappa shape index (κ1) is 17.5. The highest BCUT2D eigenvalue weighted by atomic mass is 79.9. The SMILES string of the molecule is C[C@@H](Sc1ncc(-c2ccc(Br)cc2)[nH]1)C(=O)NC1CCCCC1. The fraction of sp³-hybridized carbons (Fsp3) is 0.444. The van der Waals surface area contributed by atoms with Crippen LogP contribution in [0.3, 0.4) is 0 Å². The van der Waals surface area contributed by atoms with Crippen LogP contribution in [0.1, 0.15) is 39.0 Å². The number of imidazole rings is 1. The molecule has 1 saturated carbocycles. The van der Waals surface area contributed by atoms with Crippen LogP contribution in [0.4, 0.5) is 0 Å². The van der Waals surface area contributed by atoms with Crippen LogP contribution in [0.2, 0.25) is 0 Å². The molecule has 1 heterocycles. The second kappa shape index (κ2) is 8.21. The molecule has 24 heavy (non-hydrogen) atoms. The summed E-state index contributed by atoms with van der Waals surface area (Å²) in [5, 5.41) is 3.80. The number of nitrogens with zero attached hydrogens (tertiary/aromatic N) is 1. The van der Waals surface area contributed by atoms with Crippen LogP contribution in [-0.4, -0.2) is 27.2 Å². The van der Waals surface area contributed by atoms with Crippen LogP contribution in [0.5, 0.6) is 0 Å². The van der Waals surface area contributed by atoms with Crippen molar-refractivity contribution in [2.75, 3.05) is 0 Å². The van der Waals surface area contributed by atoms with E-state index in [0.29, 0.717) is 6.04 Å². The van der Waals surface area contributed by atoms with Crippen LogP contribution in [0.15, 0.2) is 40.1 Å². The third-order valence-corrected chi connectivity index (χ3v) is 5.84. The van der Waals surface area contributed by atoms with Crippen molar-refractivity contribution in [3.8, 4) is 11.3 Å². The molecule has 1 fully saturated rings. The van der Waals surface area contributed by atoms with Gasteiger partial charge in [0.25, 0.3) is 0 Å². The molecule has 0 spiro atoms. The molecular formula is C18H22BrN3OS. The molecule has 4 nitrogen and oxygen atoms in total. The first-order chi connectivity index (χ1) is 11.6. The second-order valence-corrected chi connectivity index (χ2v) is 8.46. The Morgan fingerprint density at radius 3 is 2.71 bits per heavy atom. The number of halogens is 1. The minimum Gasteiger partial charge on any atom is -0.352 e. The van der Waals surface area contributed by atoms with Gasteiger partial charge in [0, 0.05) is 10.5 Å². The lowest BCUT2D eigenvalue weighted by Crippen LogP contribution is -2.40. The van der Waals surface area contributed by atoms with E-state index in [9.17, 15) is 4.79 Å². The summed E-state index contributed by atoms with van der Waals surface area (Å²) >= 11 is 4.91. The normalized spacial score (nSPS) is 16.8. The van der Waals surface area contributed by atoms with Crippen molar-refractivity contribution in [3.05, 3.63) is 34.9 Å². The Bertz CT molecular complexity index is 680. The van der Waals surface area contributed by atoms with Gasteiger partial charge in [-0.05, 0) is 37.5 Å². The largest absolute Gasteiger partial charge is 0.352 e. The summed E-state index contributed by atoms with van der Waals surface area (Å²) in [5.41, 5.74) is 2.04. The molecule has 1 amide bonds. The maximum atomic E-state index is 12.4. The summed E-state index contributed by atoms with van der Waals surface area (Å²) in [5.74, 6) is 0.105. The predicted molar refractivity (Wildman–Crippen MR) is 102 cm³/mol. The predicted octanol–water partition coefficient (Wildman–Crippen LogP) is 4.77. The average molecular weight is 408 g/mol. The molecule has 0 bridgehead atoms. The van der Waals surface area contributed by atoms with Crippen LogP contribution in [0.25, 0.3) is 11.3 Å². The van der Waals surface area contributed by atoms with Crippen LogP contribution in [0, 0.1) is 0 Å². The fourth-order valence-corrected chi connectivity index (χ4v) is 3.98. The number of hydrogen-bond acceptors (Lipinski definition) is 3. The van der Waals surface area contributed by atoms with Crippen molar-refractivity contribution in [3.63, 3.8) is 0 Å². The van der Waals surface area contributed by atoms with Gasteiger partial charge in [-0.15, -0.1) is 0 Å². The van der Waals surface area contributed by atoms with Crippen molar-refractivity contribution in [2.45, 2.75) is 55.5 Å². The van der Waals surface area contributed by atoms with Gasteiger partial charge in [-0.25, -0.2) is 4.98 Å². The van der Waals surface area contributed by atoms with E-state index in [2.05, 4.69) is 31.2 Å². The molecule has 1 aromatic heterocycles. The van der Waals surface area contributed by atoms with Crippen molar-refractivity contribution < 1.29 is 4.79 Å². The summed E-state index contributed by atoms with van der Waals surface area (Å²) in [6.45, 7) is 1.94. The molecule has 0 unspecified atom stereocenters. The molecule has 2 N–H and O–H groups in total. The summed E-state index contributed by atoms with van der Waals surface area (Å²) in [7, 11) is 0. The zero-order valence-electron chi connectivity index (χ0n) is 13.7. The number of amides is 1. The zero-order chi connectivity index (χ0) is 16.9. The first-order valence-corrected chi connectivity index (χ1v) is 10.1. The molecular weight excluding hydrogens is 386 g/mol. The van der Waals surface area contributed by atoms with Gasteiger partial charge in [-0.1, -0.05) is 59.1 Å². The first-order valence-electron chi connectivity index (χ1n) is 8.40. The Labute approximate surface area is 155 Å². The van der Waals surface area contributed by atoms with Crippen molar-refractivity contribution in [2.24, 2.45) is 0 Å². The molecule has 2 aromatic rings. The zero-order valence-corrected chi connectivity index (χ0v) is 16.1. The van der Waals surface area contributed by atoms with Gasteiger partial charge in [0.15, 0.2) is 5.16 Å². The number of aromatic nitrogens is 2. The maximum Gasteiger partial charge on any atom is 0.233 e. The van der Waals surface area contributed by atoms with E-state index in [4.69, 9.17) is 0 Å². The summed E-state index contributed by atoms with van der Waals surface area (Å²) < 4.78 is 1.05. The average Bonchev–Trinajstić information content (AvgIpc) is 3.05. The molecule has 0 aliphatic heterocycles. The molecule has 0 radical (unpaired) electrons. The molecule has 1 aromatic carbocycles. The van der Waals surface area contributed by atoms with Gasteiger partial charge in [-0.2, -0.15) is 0 Å². The monoisotopic (exact) mass is 407 g/mol. The minimum atomic E-state index is -0.157. The number of nitrogens with one attached hydrogen (secondary N) is 2. The lowest BCUT2D eigenvalue weighted by Gasteiger charge is -2.24. The standard InChI is InChI=1S/C18H22BrN3OS/c1-12(17(23)21-15-5-3-2-4-6-15)24-18-20-11-16(22-18)13-7-9-14(19)10-8-13/h7-12,15H,2-6H2,1H3,(H,20,22)(H,21,23)/t12-/m1/s1.